The Morgan fingerprint density at radius 1 is 1.07 bits per heavy atom. The molecule has 1 saturated heterocycles. The van der Waals surface area contributed by atoms with Crippen LogP contribution in [-0.4, -0.2) is 125 Å². The molecule has 1 fully saturated rings. The molecule has 232 valence electrons. The molecule has 0 spiro atoms. The first kappa shape index (κ1) is 30.7. The van der Waals surface area contributed by atoms with Crippen molar-refractivity contribution in [1.82, 2.24) is 20.0 Å². The van der Waals surface area contributed by atoms with Gasteiger partial charge in [-0.1, -0.05) is 6.07 Å². The van der Waals surface area contributed by atoms with E-state index < -0.39 is 69.7 Å². The van der Waals surface area contributed by atoms with E-state index >= 15 is 0 Å². The molecule has 5 rings (SSSR count). The second kappa shape index (κ2) is 11.4. The van der Waals surface area contributed by atoms with E-state index in [1.54, 1.807) is 44.1 Å². The number of carbonyl (C=O) groups excluding carboxylic acids is 4. The third kappa shape index (κ3) is 5.09. The summed E-state index contributed by atoms with van der Waals surface area (Å²) in [5, 5.41) is 51.1. The van der Waals surface area contributed by atoms with Gasteiger partial charge >= 0.3 is 0 Å². The molecule has 4 atom stereocenters. The number of hydrogen-bond acceptors (Lipinski definition) is 11. The van der Waals surface area contributed by atoms with E-state index in [0.717, 1.165) is 25.9 Å². The van der Waals surface area contributed by atoms with Crippen molar-refractivity contribution in [3.63, 3.8) is 0 Å². The zero-order chi connectivity index (χ0) is 31.4. The maximum atomic E-state index is 13.9. The lowest BCUT2D eigenvalue weighted by Crippen LogP contribution is -2.64. The lowest BCUT2D eigenvalue weighted by molar-refractivity contribution is -0.148. The number of phenolic OH excluding ortho intramolecular Hbond substituents is 1. The van der Waals surface area contributed by atoms with Crippen LogP contribution in [0.1, 0.15) is 35.2 Å². The van der Waals surface area contributed by atoms with Crippen molar-refractivity contribution >= 4 is 29.1 Å². The van der Waals surface area contributed by atoms with E-state index in [9.17, 15) is 39.6 Å². The van der Waals surface area contributed by atoms with Crippen LogP contribution >= 0.6 is 0 Å². The normalized spacial score (nSPS) is 27.4. The van der Waals surface area contributed by atoms with E-state index in [-0.39, 0.29) is 42.9 Å². The topological polar surface area (TPSA) is 183 Å². The molecule has 0 bridgehead atoms. The lowest BCUT2D eigenvalue weighted by atomic mass is 9.58. The van der Waals surface area contributed by atoms with E-state index in [1.807, 2.05) is 4.90 Å². The third-order valence-corrected chi connectivity index (χ3v) is 8.97. The molecule has 1 aromatic carbocycles. The average molecular weight is 598 g/mol. The number of carbonyl (C=O) groups is 4. The Bertz CT molecular complexity index is 1440. The minimum absolute atomic E-state index is 0.0103. The lowest BCUT2D eigenvalue weighted by Gasteiger charge is -2.50. The van der Waals surface area contributed by atoms with Crippen LogP contribution in [0.15, 0.2) is 34.8 Å². The number of amides is 2. The molecule has 4 aliphatic rings. The molecule has 1 heterocycles. The zero-order valence-corrected chi connectivity index (χ0v) is 24.8. The number of Topliss-reactive ketones (excluding diaryl/α,β-unsaturated/α-hetero) is 2. The number of aliphatic hydroxyl groups is 3. The van der Waals surface area contributed by atoms with E-state index in [2.05, 4.69) is 10.6 Å². The van der Waals surface area contributed by atoms with Gasteiger partial charge in [0.1, 0.15) is 17.1 Å². The second-order valence-corrected chi connectivity index (χ2v) is 12.4. The summed E-state index contributed by atoms with van der Waals surface area (Å²) in [6.45, 7) is 1.74. The summed E-state index contributed by atoms with van der Waals surface area (Å²) in [7, 11) is 6.66. The summed E-state index contributed by atoms with van der Waals surface area (Å²) < 4.78 is 0. The number of allylic oxidation sites excluding steroid dienone is 1. The highest BCUT2D eigenvalue weighted by Gasteiger charge is 2.63. The van der Waals surface area contributed by atoms with Gasteiger partial charge in [-0.2, -0.15) is 0 Å². The van der Waals surface area contributed by atoms with Crippen LogP contribution in [0.4, 0.5) is 5.69 Å². The largest absolute Gasteiger partial charge is 0.510 e. The molecule has 0 radical (unpaired) electrons. The fourth-order valence-electron chi connectivity index (χ4n) is 7.00. The summed E-state index contributed by atoms with van der Waals surface area (Å²) >= 11 is 0. The van der Waals surface area contributed by atoms with Gasteiger partial charge in [0.25, 0.3) is 5.91 Å². The van der Waals surface area contributed by atoms with Gasteiger partial charge in [-0.25, -0.2) is 0 Å². The van der Waals surface area contributed by atoms with Gasteiger partial charge in [-0.05, 0) is 84.5 Å². The molecule has 2 amide bonds. The number of phenols is 1. The highest BCUT2D eigenvalue weighted by Crippen LogP contribution is 2.52. The van der Waals surface area contributed by atoms with Crippen LogP contribution in [0, 0.1) is 11.8 Å². The number of likely N-dealkylation sites (tertiary alicyclic amines) is 1. The predicted molar refractivity (Wildman–Crippen MR) is 155 cm³/mol. The number of likely N-dealkylation sites (N-methyl/N-ethyl adjacent to an activating group) is 2. The van der Waals surface area contributed by atoms with Gasteiger partial charge in [0, 0.05) is 11.5 Å². The SMILES string of the molecule is CN(C)CC(=O)Nc1ccc2c(c1O)C(=O)C1=C(O)C3(O)C(=O)C(C(=O)NCN4CCCC4)=C(O)[C@@H](N(C)C)C3CC1C2. The summed E-state index contributed by atoms with van der Waals surface area (Å²) in [4.78, 5) is 58.6. The molecule has 3 aliphatic carbocycles. The maximum Gasteiger partial charge on any atom is 0.259 e. The van der Waals surface area contributed by atoms with E-state index in [0.29, 0.717) is 5.56 Å². The molecule has 13 heteroatoms. The van der Waals surface area contributed by atoms with Crippen LogP contribution in [0.2, 0.25) is 0 Å². The quantitative estimate of drug-likeness (QED) is 0.188. The molecule has 13 nitrogen and oxygen atoms in total. The molecule has 0 aromatic heterocycles. The Hall–Kier alpha value is -3.78. The molecule has 1 aromatic rings. The Labute approximate surface area is 249 Å². The smallest absolute Gasteiger partial charge is 0.259 e. The van der Waals surface area contributed by atoms with Gasteiger partial charge in [-0.3, -0.25) is 29.0 Å². The fourth-order valence-corrected chi connectivity index (χ4v) is 7.00. The third-order valence-electron chi connectivity index (χ3n) is 8.97. The van der Waals surface area contributed by atoms with Crippen molar-refractivity contribution in [1.29, 1.82) is 0 Å². The van der Waals surface area contributed by atoms with Crippen LogP contribution in [0.25, 0.3) is 0 Å². The first-order valence-electron chi connectivity index (χ1n) is 14.4. The number of rotatable bonds is 7. The number of hydrogen-bond donors (Lipinski definition) is 6. The van der Waals surface area contributed by atoms with Crippen molar-refractivity contribution in [2.45, 2.75) is 37.3 Å². The minimum atomic E-state index is -2.67. The number of ketones is 2. The first-order valence-corrected chi connectivity index (χ1v) is 14.4. The Morgan fingerprint density at radius 3 is 2.37 bits per heavy atom. The number of benzene rings is 1. The van der Waals surface area contributed by atoms with Gasteiger partial charge < -0.3 is 36.0 Å². The van der Waals surface area contributed by atoms with Crippen LogP contribution in [0.5, 0.6) is 5.75 Å². The van der Waals surface area contributed by atoms with E-state index in [1.165, 1.54) is 6.07 Å². The number of nitrogens with zero attached hydrogens (tertiary/aromatic N) is 3. The van der Waals surface area contributed by atoms with Crippen LogP contribution in [-0.2, 0) is 20.8 Å². The number of nitrogens with one attached hydrogen (secondary N) is 2. The Balaban J connectivity index is 1.54. The molecule has 1 aliphatic heterocycles. The van der Waals surface area contributed by atoms with Gasteiger partial charge in [-0.15, -0.1) is 0 Å². The zero-order valence-electron chi connectivity index (χ0n) is 24.8. The maximum absolute atomic E-state index is 13.9. The first-order chi connectivity index (χ1) is 20.3. The van der Waals surface area contributed by atoms with Crippen molar-refractivity contribution in [3.05, 3.63) is 45.9 Å². The minimum Gasteiger partial charge on any atom is -0.510 e. The standard InChI is InChI=1S/C30H39N5O8/c1-33(2)13-19(36)32-18-8-7-15-11-16-12-17-23(34(3)4)26(39)22(29(42)31-14-35-9-5-6-10-35)28(41)30(17,43)27(40)21(16)25(38)20(15)24(18)37/h7-8,16-17,23,37,39-40,43H,5-6,9-14H2,1-4H3,(H,31,42)(H,32,36)/t16?,17?,23-,30?/m0/s1. The second-order valence-electron chi connectivity index (χ2n) is 12.4. The molecule has 3 unspecified atom stereocenters. The summed E-state index contributed by atoms with van der Waals surface area (Å²) in [5.41, 5.74) is -3.23. The molecule has 43 heavy (non-hydrogen) atoms. The summed E-state index contributed by atoms with van der Waals surface area (Å²) in [5.74, 6) is -6.87. The summed E-state index contributed by atoms with van der Waals surface area (Å²) in [6, 6.07) is 2.10. The average Bonchev–Trinajstić information content (AvgIpc) is 3.44. The monoisotopic (exact) mass is 597 g/mol. The highest BCUT2D eigenvalue weighted by molar-refractivity contribution is 6.25. The van der Waals surface area contributed by atoms with Crippen molar-refractivity contribution in [3.8, 4) is 5.75 Å². The molecular weight excluding hydrogens is 558 g/mol. The number of anilines is 1. The fraction of sp³-hybridized carbons (Fsp3) is 0.533. The predicted octanol–water partition coefficient (Wildman–Crippen LogP) is 0.305. The number of aromatic hydroxyl groups is 1. The Morgan fingerprint density at radius 2 is 1.74 bits per heavy atom. The van der Waals surface area contributed by atoms with Gasteiger partial charge in [0.05, 0.1) is 30.5 Å². The van der Waals surface area contributed by atoms with Crippen LogP contribution < -0.4 is 10.6 Å². The van der Waals surface area contributed by atoms with Crippen molar-refractivity contribution in [2.24, 2.45) is 11.8 Å². The van der Waals surface area contributed by atoms with Crippen LogP contribution in [0.3, 0.4) is 0 Å². The number of fused-ring (bicyclic) bond motifs is 3. The molecular formula is C30H39N5O8. The van der Waals surface area contributed by atoms with Crippen molar-refractivity contribution < 1.29 is 39.6 Å². The summed E-state index contributed by atoms with van der Waals surface area (Å²) in [6.07, 6.45) is 2.18. The number of aliphatic hydroxyl groups excluding tert-OH is 2. The van der Waals surface area contributed by atoms with Gasteiger partial charge in [0.15, 0.2) is 17.1 Å². The van der Waals surface area contributed by atoms with E-state index in [4.69, 9.17) is 0 Å². The van der Waals surface area contributed by atoms with Gasteiger partial charge in [0.2, 0.25) is 11.7 Å². The molecule has 0 saturated carbocycles. The highest BCUT2D eigenvalue weighted by atomic mass is 16.3. The van der Waals surface area contributed by atoms with Crippen molar-refractivity contribution in [2.75, 3.05) is 59.8 Å². The Kier molecular flexibility index (Phi) is 8.11. The molecule has 6 N–H and O–H groups in total.